The first-order chi connectivity index (χ1) is 13.6. The minimum Gasteiger partial charge on any atom is -0.361 e. The molecule has 6 nitrogen and oxygen atoms in total. The highest BCUT2D eigenvalue weighted by molar-refractivity contribution is 5.86. The van der Waals surface area contributed by atoms with Crippen molar-refractivity contribution in [2.75, 3.05) is 19.6 Å². The third-order valence-electron chi connectivity index (χ3n) is 5.78. The van der Waals surface area contributed by atoms with E-state index in [9.17, 15) is 9.59 Å². The molecule has 2 heterocycles. The van der Waals surface area contributed by atoms with Gasteiger partial charge in [0.2, 0.25) is 11.8 Å². The normalized spacial score (nSPS) is 22.1. The van der Waals surface area contributed by atoms with E-state index in [0.717, 1.165) is 43.5 Å². The molecule has 0 unspecified atom stereocenters. The molecule has 0 spiro atoms. The van der Waals surface area contributed by atoms with Gasteiger partial charge in [-0.3, -0.25) is 9.59 Å². The van der Waals surface area contributed by atoms with E-state index in [-0.39, 0.29) is 17.7 Å². The molecule has 0 radical (unpaired) electrons. The lowest BCUT2D eigenvalue weighted by Crippen LogP contribution is -2.54. The molecule has 2 amide bonds. The fourth-order valence-corrected chi connectivity index (χ4v) is 4.14. The molecule has 28 heavy (non-hydrogen) atoms. The average molecular weight is 381 g/mol. The monoisotopic (exact) mass is 381 g/mol. The van der Waals surface area contributed by atoms with Crippen molar-refractivity contribution in [1.29, 1.82) is 0 Å². The van der Waals surface area contributed by atoms with E-state index in [2.05, 4.69) is 10.5 Å². The molecule has 4 rings (SSSR count). The molecule has 0 bridgehead atoms. The first kappa shape index (κ1) is 18.7. The number of carbonyl (C=O) groups is 2. The summed E-state index contributed by atoms with van der Waals surface area (Å²) in [6.45, 7) is 3.68. The van der Waals surface area contributed by atoms with E-state index in [0.29, 0.717) is 25.3 Å². The number of piperidine rings is 1. The Balaban J connectivity index is 1.57. The van der Waals surface area contributed by atoms with Crippen molar-refractivity contribution in [3.05, 3.63) is 42.2 Å². The van der Waals surface area contributed by atoms with Crippen LogP contribution in [0, 0.1) is 11.3 Å². The zero-order valence-electron chi connectivity index (χ0n) is 16.3. The van der Waals surface area contributed by atoms with Crippen LogP contribution in [0.2, 0.25) is 0 Å². The summed E-state index contributed by atoms with van der Waals surface area (Å²) in [4.78, 5) is 27.6. The van der Waals surface area contributed by atoms with Gasteiger partial charge in [0.05, 0.1) is 5.41 Å². The first-order valence-corrected chi connectivity index (χ1v) is 10.2. The molecular formula is C22H27N3O3. The van der Waals surface area contributed by atoms with Crippen LogP contribution in [0.4, 0.5) is 0 Å². The van der Waals surface area contributed by atoms with E-state index in [1.54, 1.807) is 0 Å². The molecule has 1 aromatic carbocycles. The van der Waals surface area contributed by atoms with Crippen LogP contribution in [-0.4, -0.2) is 41.5 Å². The quantitative estimate of drug-likeness (QED) is 0.834. The van der Waals surface area contributed by atoms with Gasteiger partial charge in [0, 0.05) is 43.6 Å². The minimum atomic E-state index is -0.660. The Morgan fingerprint density at radius 2 is 2.07 bits per heavy atom. The molecule has 1 N–H and O–H groups in total. The molecular weight excluding hydrogens is 354 g/mol. The van der Waals surface area contributed by atoms with Crippen LogP contribution in [0.3, 0.4) is 0 Å². The predicted molar refractivity (Wildman–Crippen MR) is 105 cm³/mol. The predicted octanol–water partition coefficient (Wildman–Crippen LogP) is 3.04. The Labute approximate surface area is 165 Å². The lowest BCUT2D eigenvalue weighted by molar-refractivity contribution is -0.142. The summed E-state index contributed by atoms with van der Waals surface area (Å²) in [6.07, 6.45) is 3.98. The van der Waals surface area contributed by atoms with Crippen molar-refractivity contribution in [2.45, 2.75) is 39.0 Å². The molecule has 1 atom stereocenters. The maximum Gasteiger partial charge on any atom is 0.228 e. The summed E-state index contributed by atoms with van der Waals surface area (Å²) in [7, 11) is 0. The van der Waals surface area contributed by atoms with Crippen molar-refractivity contribution in [2.24, 2.45) is 11.3 Å². The van der Waals surface area contributed by atoms with Crippen LogP contribution in [0.25, 0.3) is 11.3 Å². The molecule has 6 heteroatoms. The van der Waals surface area contributed by atoms with Gasteiger partial charge < -0.3 is 14.7 Å². The number of benzene rings is 1. The van der Waals surface area contributed by atoms with Gasteiger partial charge in [-0.15, -0.1) is 0 Å². The smallest absolute Gasteiger partial charge is 0.228 e. The second-order valence-corrected chi connectivity index (χ2v) is 8.00. The highest BCUT2D eigenvalue weighted by atomic mass is 16.5. The highest BCUT2D eigenvalue weighted by Gasteiger charge is 2.46. The zero-order valence-corrected chi connectivity index (χ0v) is 16.3. The molecule has 2 aromatic rings. The summed E-state index contributed by atoms with van der Waals surface area (Å²) >= 11 is 0. The topological polar surface area (TPSA) is 75.4 Å². The Hall–Kier alpha value is -2.63. The SMILES string of the molecule is CCNC(=O)[C@@]1(Cc2cc(-c3ccccc3)no2)CCCN(C(=O)C2CC2)C1. The van der Waals surface area contributed by atoms with Gasteiger partial charge in [-0.25, -0.2) is 0 Å². The van der Waals surface area contributed by atoms with Gasteiger partial charge in [-0.05, 0) is 32.6 Å². The summed E-state index contributed by atoms with van der Waals surface area (Å²) in [6, 6.07) is 11.8. The number of nitrogens with one attached hydrogen (secondary N) is 1. The van der Waals surface area contributed by atoms with Crippen LogP contribution in [0.15, 0.2) is 40.9 Å². The number of rotatable bonds is 6. The number of hydrogen-bond acceptors (Lipinski definition) is 4. The van der Waals surface area contributed by atoms with Crippen LogP contribution < -0.4 is 5.32 Å². The number of nitrogens with zero attached hydrogens (tertiary/aromatic N) is 2. The van der Waals surface area contributed by atoms with E-state index >= 15 is 0 Å². The van der Waals surface area contributed by atoms with Crippen molar-refractivity contribution in [3.8, 4) is 11.3 Å². The third-order valence-corrected chi connectivity index (χ3v) is 5.78. The second kappa shape index (κ2) is 7.78. The Morgan fingerprint density at radius 3 is 2.79 bits per heavy atom. The number of amides is 2. The fraction of sp³-hybridized carbons (Fsp3) is 0.500. The molecule has 1 saturated heterocycles. The second-order valence-electron chi connectivity index (χ2n) is 8.00. The molecule has 1 aliphatic carbocycles. The Morgan fingerprint density at radius 1 is 1.29 bits per heavy atom. The van der Waals surface area contributed by atoms with Gasteiger partial charge in [0.15, 0.2) is 0 Å². The standard InChI is InChI=1S/C22H27N3O3/c1-2-23-21(27)22(11-6-12-25(15-22)20(26)17-9-10-17)14-18-13-19(24-28-18)16-7-4-3-5-8-16/h3-5,7-8,13,17H,2,6,9-12,14-15H2,1H3,(H,23,27)/t22-/m1/s1. The fourth-order valence-electron chi connectivity index (χ4n) is 4.14. The zero-order chi connectivity index (χ0) is 19.6. The molecule has 1 aliphatic heterocycles. The summed E-state index contributed by atoms with van der Waals surface area (Å²) < 4.78 is 5.60. The maximum atomic E-state index is 13.0. The van der Waals surface area contributed by atoms with Gasteiger partial charge in [-0.2, -0.15) is 0 Å². The molecule has 2 fully saturated rings. The van der Waals surface area contributed by atoms with Crippen LogP contribution in [-0.2, 0) is 16.0 Å². The van der Waals surface area contributed by atoms with Gasteiger partial charge in [0.1, 0.15) is 11.5 Å². The lowest BCUT2D eigenvalue weighted by atomic mass is 9.75. The molecule has 2 aliphatic rings. The van der Waals surface area contributed by atoms with Crippen molar-refractivity contribution in [1.82, 2.24) is 15.4 Å². The van der Waals surface area contributed by atoms with Crippen LogP contribution >= 0.6 is 0 Å². The van der Waals surface area contributed by atoms with E-state index in [1.165, 1.54) is 0 Å². The van der Waals surface area contributed by atoms with Crippen molar-refractivity contribution >= 4 is 11.8 Å². The number of carbonyl (C=O) groups excluding carboxylic acids is 2. The molecule has 1 aromatic heterocycles. The lowest BCUT2D eigenvalue weighted by Gasteiger charge is -2.41. The Bertz CT molecular complexity index is 844. The highest BCUT2D eigenvalue weighted by Crippen LogP contribution is 2.38. The summed E-state index contributed by atoms with van der Waals surface area (Å²) in [5.74, 6) is 1.06. The van der Waals surface area contributed by atoms with Crippen molar-refractivity contribution in [3.63, 3.8) is 0 Å². The average Bonchev–Trinajstić information content (AvgIpc) is 3.47. The van der Waals surface area contributed by atoms with Crippen molar-refractivity contribution < 1.29 is 14.1 Å². The summed E-state index contributed by atoms with van der Waals surface area (Å²) in [5.41, 5.74) is 1.09. The molecule has 148 valence electrons. The minimum absolute atomic E-state index is 0.000887. The Kier molecular flexibility index (Phi) is 5.20. The van der Waals surface area contributed by atoms with Gasteiger partial charge in [-0.1, -0.05) is 35.5 Å². The largest absolute Gasteiger partial charge is 0.361 e. The van der Waals surface area contributed by atoms with Gasteiger partial charge >= 0.3 is 0 Å². The maximum absolute atomic E-state index is 13.0. The summed E-state index contributed by atoms with van der Waals surface area (Å²) in [5, 5.41) is 7.17. The number of likely N-dealkylation sites (tertiary alicyclic amines) is 1. The van der Waals surface area contributed by atoms with Crippen LogP contribution in [0.5, 0.6) is 0 Å². The van der Waals surface area contributed by atoms with Gasteiger partial charge in [0.25, 0.3) is 0 Å². The van der Waals surface area contributed by atoms with E-state index in [1.807, 2.05) is 48.2 Å². The molecule has 1 saturated carbocycles. The number of aromatic nitrogens is 1. The van der Waals surface area contributed by atoms with Crippen LogP contribution in [0.1, 0.15) is 38.4 Å². The third kappa shape index (κ3) is 3.81. The first-order valence-electron chi connectivity index (χ1n) is 10.2. The number of hydrogen-bond donors (Lipinski definition) is 1. The van der Waals surface area contributed by atoms with E-state index in [4.69, 9.17) is 4.52 Å². The van der Waals surface area contributed by atoms with E-state index < -0.39 is 5.41 Å².